The topological polar surface area (TPSA) is 76.1 Å². The van der Waals surface area contributed by atoms with E-state index in [0.717, 1.165) is 12.3 Å². The molecule has 0 saturated heterocycles. The van der Waals surface area contributed by atoms with E-state index in [4.69, 9.17) is 0 Å². The van der Waals surface area contributed by atoms with Gasteiger partial charge in [-0.15, -0.1) is 0 Å². The molecule has 1 aliphatic rings. The van der Waals surface area contributed by atoms with Crippen LogP contribution in [0.25, 0.3) is 0 Å². The summed E-state index contributed by atoms with van der Waals surface area (Å²) in [5.41, 5.74) is 0.109. The standard InChI is InChI=1S/C16H13F3N2O3S/c17-16(18,19)14-6-5-10(7-20-14)15(22)21-13-9-25(23,24)8-11-3-1-2-4-12(11)13/h1-7,13H,8-9H2,(H,21,22). The molecule has 0 bridgehead atoms. The van der Waals surface area contributed by atoms with E-state index in [9.17, 15) is 26.4 Å². The van der Waals surface area contributed by atoms with Gasteiger partial charge in [0.2, 0.25) is 0 Å². The van der Waals surface area contributed by atoms with Gasteiger partial charge in [-0.05, 0) is 23.3 Å². The third-order valence-corrected chi connectivity index (χ3v) is 5.44. The second-order valence-electron chi connectivity index (χ2n) is 5.71. The molecule has 3 rings (SSSR count). The van der Waals surface area contributed by atoms with Crippen LogP contribution in [0.5, 0.6) is 0 Å². The average molecular weight is 370 g/mol. The van der Waals surface area contributed by atoms with E-state index in [2.05, 4.69) is 10.3 Å². The fourth-order valence-electron chi connectivity index (χ4n) is 2.70. The quantitative estimate of drug-likeness (QED) is 0.881. The van der Waals surface area contributed by atoms with E-state index in [-0.39, 0.29) is 17.1 Å². The van der Waals surface area contributed by atoms with Gasteiger partial charge in [-0.25, -0.2) is 8.42 Å². The van der Waals surface area contributed by atoms with Crippen LogP contribution in [0.15, 0.2) is 42.6 Å². The molecule has 5 nitrogen and oxygen atoms in total. The van der Waals surface area contributed by atoms with Crippen molar-refractivity contribution in [2.45, 2.75) is 18.0 Å². The first kappa shape index (κ1) is 17.4. The first-order chi connectivity index (χ1) is 11.7. The molecule has 0 radical (unpaired) electrons. The first-order valence-corrected chi connectivity index (χ1v) is 9.10. The molecule has 0 aliphatic carbocycles. The minimum absolute atomic E-state index is 0.0755. The highest BCUT2D eigenvalue weighted by atomic mass is 32.2. The fraction of sp³-hybridized carbons (Fsp3) is 0.250. The highest BCUT2D eigenvalue weighted by molar-refractivity contribution is 7.90. The maximum Gasteiger partial charge on any atom is 0.433 e. The van der Waals surface area contributed by atoms with Crippen LogP contribution in [-0.4, -0.2) is 25.1 Å². The number of nitrogens with zero attached hydrogens (tertiary/aromatic N) is 1. The maximum absolute atomic E-state index is 12.5. The lowest BCUT2D eigenvalue weighted by Gasteiger charge is -2.26. The van der Waals surface area contributed by atoms with Crippen LogP contribution in [0.2, 0.25) is 0 Å². The Labute approximate surface area is 141 Å². The van der Waals surface area contributed by atoms with Gasteiger partial charge in [0.25, 0.3) is 5.91 Å². The summed E-state index contributed by atoms with van der Waals surface area (Å²) in [4.78, 5) is 15.5. The summed E-state index contributed by atoms with van der Waals surface area (Å²) in [6.45, 7) is 0. The number of alkyl halides is 3. The van der Waals surface area contributed by atoms with E-state index < -0.39 is 33.7 Å². The van der Waals surface area contributed by atoms with Gasteiger partial charge in [0.1, 0.15) is 5.69 Å². The molecule has 1 amide bonds. The number of carbonyl (C=O) groups excluding carboxylic acids is 1. The fourth-order valence-corrected chi connectivity index (χ4v) is 4.33. The van der Waals surface area contributed by atoms with Crippen molar-refractivity contribution in [1.82, 2.24) is 10.3 Å². The highest BCUT2D eigenvalue weighted by Crippen LogP contribution is 2.29. The number of amides is 1. The van der Waals surface area contributed by atoms with Crippen molar-refractivity contribution in [1.29, 1.82) is 0 Å². The van der Waals surface area contributed by atoms with Gasteiger partial charge in [0, 0.05) is 6.20 Å². The van der Waals surface area contributed by atoms with Gasteiger partial charge in [-0.3, -0.25) is 9.78 Å². The summed E-state index contributed by atoms with van der Waals surface area (Å²) in [5.74, 6) is -1.04. The number of aromatic nitrogens is 1. The monoisotopic (exact) mass is 370 g/mol. The van der Waals surface area contributed by atoms with Crippen LogP contribution in [0.4, 0.5) is 13.2 Å². The molecule has 0 spiro atoms. The number of nitrogens with one attached hydrogen (secondary N) is 1. The average Bonchev–Trinajstić information content (AvgIpc) is 2.53. The molecule has 1 atom stereocenters. The molecule has 1 aromatic heterocycles. The molecule has 1 unspecified atom stereocenters. The van der Waals surface area contributed by atoms with Gasteiger partial charge < -0.3 is 5.32 Å². The number of pyridine rings is 1. The number of benzene rings is 1. The van der Waals surface area contributed by atoms with E-state index in [1.165, 1.54) is 0 Å². The van der Waals surface area contributed by atoms with Crippen molar-refractivity contribution in [3.05, 3.63) is 65.0 Å². The third-order valence-electron chi connectivity index (χ3n) is 3.85. The normalized spacial score (nSPS) is 19.1. The SMILES string of the molecule is O=C(NC1CS(=O)(=O)Cc2ccccc21)c1ccc(C(F)(F)F)nc1. The largest absolute Gasteiger partial charge is 0.433 e. The van der Waals surface area contributed by atoms with E-state index in [0.29, 0.717) is 17.2 Å². The van der Waals surface area contributed by atoms with Crippen molar-refractivity contribution in [2.75, 3.05) is 5.75 Å². The molecule has 25 heavy (non-hydrogen) atoms. The Morgan fingerprint density at radius 3 is 2.52 bits per heavy atom. The highest BCUT2D eigenvalue weighted by Gasteiger charge is 2.33. The number of hydrogen-bond acceptors (Lipinski definition) is 4. The molecule has 1 aromatic carbocycles. The molecule has 2 heterocycles. The van der Waals surface area contributed by atoms with Gasteiger partial charge >= 0.3 is 6.18 Å². The molecule has 0 saturated carbocycles. The molecule has 9 heteroatoms. The van der Waals surface area contributed by atoms with Crippen LogP contribution in [0.1, 0.15) is 33.2 Å². The third kappa shape index (κ3) is 3.81. The Balaban J connectivity index is 1.83. The van der Waals surface area contributed by atoms with Crippen molar-refractivity contribution in [3.63, 3.8) is 0 Å². The molecular weight excluding hydrogens is 357 g/mol. The van der Waals surface area contributed by atoms with E-state index >= 15 is 0 Å². The lowest BCUT2D eigenvalue weighted by atomic mass is 10.0. The number of rotatable bonds is 2. The molecule has 132 valence electrons. The summed E-state index contributed by atoms with van der Waals surface area (Å²) in [6.07, 6.45) is -3.77. The van der Waals surface area contributed by atoms with Crippen LogP contribution < -0.4 is 5.32 Å². The zero-order valence-electron chi connectivity index (χ0n) is 12.7. The number of carbonyl (C=O) groups is 1. The summed E-state index contributed by atoms with van der Waals surface area (Å²) < 4.78 is 61.6. The second kappa shape index (κ2) is 6.14. The van der Waals surface area contributed by atoms with Crippen molar-refractivity contribution in [2.24, 2.45) is 0 Å². The minimum Gasteiger partial charge on any atom is -0.344 e. The smallest absolute Gasteiger partial charge is 0.344 e. The lowest BCUT2D eigenvalue weighted by molar-refractivity contribution is -0.141. The van der Waals surface area contributed by atoms with E-state index in [1.54, 1.807) is 24.3 Å². The molecule has 0 fully saturated rings. The summed E-state index contributed by atoms with van der Waals surface area (Å²) in [7, 11) is -3.38. The summed E-state index contributed by atoms with van der Waals surface area (Å²) in [5, 5.41) is 2.57. The predicted molar refractivity (Wildman–Crippen MR) is 83.4 cm³/mol. The number of sulfone groups is 1. The molecule has 1 N–H and O–H groups in total. The van der Waals surface area contributed by atoms with Crippen LogP contribution in [0, 0.1) is 0 Å². The van der Waals surface area contributed by atoms with Gasteiger partial charge in [-0.2, -0.15) is 13.2 Å². The Hall–Kier alpha value is -2.42. The molecule has 1 aliphatic heterocycles. The van der Waals surface area contributed by atoms with Gasteiger partial charge in [-0.1, -0.05) is 24.3 Å². The number of halogens is 3. The number of hydrogen-bond donors (Lipinski definition) is 1. The van der Waals surface area contributed by atoms with Crippen LogP contribution >= 0.6 is 0 Å². The zero-order valence-corrected chi connectivity index (χ0v) is 13.6. The summed E-state index contributed by atoms with van der Waals surface area (Å²) >= 11 is 0. The Bertz CT molecular complexity index is 909. The zero-order chi connectivity index (χ0) is 18.2. The maximum atomic E-state index is 12.5. The minimum atomic E-state index is -4.59. The predicted octanol–water partition coefficient (Wildman–Crippen LogP) is 2.50. The van der Waals surface area contributed by atoms with Crippen LogP contribution in [-0.2, 0) is 21.8 Å². The molecular formula is C16H13F3N2O3S. The Kier molecular flexibility index (Phi) is 4.28. The van der Waals surface area contributed by atoms with Crippen molar-refractivity contribution < 1.29 is 26.4 Å². The van der Waals surface area contributed by atoms with Crippen molar-refractivity contribution in [3.8, 4) is 0 Å². The van der Waals surface area contributed by atoms with Gasteiger partial charge in [0.15, 0.2) is 9.84 Å². The first-order valence-electron chi connectivity index (χ1n) is 7.28. The van der Waals surface area contributed by atoms with Gasteiger partial charge in [0.05, 0.1) is 23.1 Å². The second-order valence-corrected chi connectivity index (χ2v) is 7.82. The number of fused-ring (bicyclic) bond motifs is 1. The Morgan fingerprint density at radius 1 is 1.16 bits per heavy atom. The lowest BCUT2D eigenvalue weighted by Crippen LogP contribution is -2.37. The molecule has 2 aromatic rings. The van der Waals surface area contributed by atoms with Crippen LogP contribution in [0.3, 0.4) is 0 Å². The van der Waals surface area contributed by atoms with Crippen molar-refractivity contribution >= 4 is 15.7 Å². The summed E-state index contributed by atoms with van der Waals surface area (Å²) in [6, 6.07) is 7.79. The Morgan fingerprint density at radius 2 is 1.88 bits per heavy atom. The van der Waals surface area contributed by atoms with E-state index in [1.807, 2.05) is 0 Å².